The maximum absolute atomic E-state index is 12.9. The van der Waals surface area contributed by atoms with Gasteiger partial charge < -0.3 is 20.6 Å². The molecule has 3 N–H and O–H groups in total. The molecule has 134 valence electrons. The summed E-state index contributed by atoms with van der Waals surface area (Å²) in [7, 11) is 1.97. The zero-order valence-corrected chi connectivity index (χ0v) is 14.4. The van der Waals surface area contributed by atoms with Gasteiger partial charge in [0.2, 0.25) is 0 Å². The number of aliphatic hydroxyl groups excluding tert-OH is 1. The van der Waals surface area contributed by atoms with Gasteiger partial charge in [0, 0.05) is 31.9 Å². The summed E-state index contributed by atoms with van der Waals surface area (Å²) in [6, 6.07) is 15.2. The van der Waals surface area contributed by atoms with Crippen molar-refractivity contribution in [2.24, 2.45) is 0 Å². The van der Waals surface area contributed by atoms with Crippen LogP contribution in [0.3, 0.4) is 0 Å². The number of benzene rings is 2. The van der Waals surface area contributed by atoms with Gasteiger partial charge in [0.25, 0.3) is 0 Å². The number of carbonyl (C=O) groups excluding carboxylic acids is 1. The third-order valence-electron chi connectivity index (χ3n) is 4.09. The summed E-state index contributed by atoms with van der Waals surface area (Å²) in [6.45, 7) is 2.53. The Morgan fingerprint density at radius 2 is 1.68 bits per heavy atom. The van der Waals surface area contributed by atoms with Crippen molar-refractivity contribution in [2.75, 3.05) is 25.0 Å². The van der Waals surface area contributed by atoms with Gasteiger partial charge >= 0.3 is 6.03 Å². The van der Waals surface area contributed by atoms with Gasteiger partial charge in [-0.25, -0.2) is 9.18 Å². The number of halogens is 1. The summed E-state index contributed by atoms with van der Waals surface area (Å²) in [5.41, 5.74) is 1.63. The van der Waals surface area contributed by atoms with Gasteiger partial charge in [-0.1, -0.05) is 30.3 Å². The molecule has 0 fully saturated rings. The van der Waals surface area contributed by atoms with E-state index in [-0.39, 0.29) is 24.4 Å². The van der Waals surface area contributed by atoms with Crippen LogP contribution in [-0.2, 0) is 0 Å². The van der Waals surface area contributed by atoms with Crippen molar-refractivity contribution < 1.29 is 14.3 Å². The lowest BCUT2D eigenvalue weighted by Crippen LogP contribution is -2.44. The standard InChI is InChI=1S/C19H24FN3O2/c1-14(23(2)17-6-4-3-5-7-17)12-21-19(25)22-13-18(24)15-8-10-16(20)11-9-15/h3-11,14,18,24H,12-13H2,1-2H3,(H2,21,22,25). The lowest BCUT2D eigenvalue weighted by Gasteiger charge is -2.27. The van der Waals surface area contributed by atoms with Crippen LogP contribution in [0.2, 0.25) is 0 Å². The number of hydrogen-bond acceptors (Lipinski definition) is 3. The minimum absolute atomic E-state index is 0.0559. The van der Waals surface area contributed by atoms with Crippen LogP contribution >= 0.6 is 0 Å². The molecule has 0 spiro atoms. The fourth-order valence-corrected chi connectivity index (χ4v) is 2.35. The summed E-state index contributed by atoms with van der Waals surface area (Å²) in [5, 5.41) is 15.4. The van der Waals surface area contributed by atoms with Crippen LogP contribution in [0.1, 0.15) is 18.6 Å². The molecule has 0 saturated carbocycles. The van der Waals surface area contributed by atoms with Gasteiger partial charge in [0.05, 0.1) is 6.10 Å². The van der Waals surface area contributed by atoms with Gasteiger partial charge in [-0.15, -0.1) is 0 Å². The molecule has 0 aliphatic heterocycles. The monoisotopic (exact) mass is 345 g/mol. The highest BCUT2D eigenvalue weighted by Gasteiger charge is 2.13. The molecule has 0 aliphatic carbocycles. The summed E-state index contributed by atoms with van der Waals surface area (Å²) < 4.78 is 12.9. The lowest BCUT2D eigenvalue weighted by atomic mass is 10.1. The van der Waals surface area contributed by atoms with E-state index in [1.54, 1.807) is 0 Å². The quantitative estimate of drug-likeness (QED) is 0.723. The maximum atomic E-state index is 12.9. The van der Waals surface area contributed by atoms with Crippen molar-refractivity contribution in [1.29, 1.82) is 0 Å². The van der Waals surface area contributed by atoms with E-state index < -0.39 is 6.10 Å². The van der Waals surface area contributed by atoms with E-state index in [1.807, 2.05) is 44.3 Å². The highest BCUT2D eigenvalue weighted by atomic mass is 19.1. The Morgan fingerprint density at radius 3 is 2.32 bits per heavy atom. The second-order valence-corrected chi connectivity index (χ2v) is 5.95. The minimum Gasteiger partial charge on any atom is -0.387 e. The third-order valence-corrected chi connectivity index (χ3v) is 4.09. The number of likely N-dealkylation sites (N-methyl/N-ethyl adjacent to an activating group) is 1. The van der Waals surface area contributed by atoms with Gasteiger partial charge in [0.15, 0.2) is 0 Å². The molecule has 2 rings (SSSR count). The molecule has 0 aromatic heterocycles. The molecule has 2 atom stereocenters. The number of amides is 2. The Kier molecular flexibility index (Phi) is 6.77. The predicted octanol–water partition coefficient (Wildman–Crippen LogP) is 2.68. The van der Waals surface area contributed by atoms with Crippen molar-refractivity contribution in [3.05, 3.63) is 66.0 Å². The molecule has 2 unspecified atom stereocenters. The van der Waals surface area contributed by atoms with Crippen LogP contribution in [-0.4, -0.2) is 37.3 Å². The minimum atomic E-state index is -0.879. The molecule has 6 heteroatoms. The Hall–Kier alpha value is -2.60. The van der Waals surface area contributed by atoms with Crippen molar-refractivity contribution in [3.63, 3.8) is 0 Å². The number of urea groups is 1. The largest absolute Gasteiger partial charge is 0.387 e. The molecular weight excluding hydrogens is 321 g/mol. The number of aliphatic hydroxyl groups is 1. The molecule has 25 heavy (non-hydrogen) atoms. The molecule has 0 aliphatic rings. The first-order valence-corrected chi connectivity index (χ1v) is 8.20. The Labute approximate surface area is 147 Å². The van der Waals surface area contributed by atoms with E-state index in [0.29, 0.717) is 12.1 Å². The smallest absolute Gasteiger partial charge is 0.314 e. The fourth-order valence-electron chi connectivity index (χ4n) is 2.35. The summed E-state index contributed by atoms with van der Waals surface area (Å²) in [6.07, 6.45) is -0.879. The first-order valence-electron chi connectivity index (χ1n) is 8.20. The van der Waals surface area contributed by atoms with Crippen LogP contribution in [0, 0.1) is 5.82 Å². The van der Waals surface area contributed by atoms with Crippen LogP contribution in [0.4, 0.5) is 14.9 Å². The van der Waals surface area contributed by atoms with E-state index in [4.69, 9.17) is 0 Å². The van der Waals surface area contributed by atoms with Gasteiger partial charge in [-0.2, -0.15) is 0 Å². The Morgan fingerprint density at radius 1 is 1.08 bits per heavy atom. The normalized spacial score (nSPS) is 13.0. The summed E-state index contributed by atoms with van der Waals surface area (Å²) in [4.78, 5) is 14.0. The van der Waals surface area contributed by atoms with Crippen molar-refractivity contribution in [2.45, 2.75) is 19.1 Å². The van der Waals surface area contributed by atoms with E-state index in [1.165, 1.54) is 24.3 Å². The molecule has 0 heterocycles. The van der Waals surface area contributed by atoms with E-state index in [2.05, 4.69) is 15.5 Å². The highest BCUT2D eigenvalue weighted by Crippen LogP contribution is 2.14. The molecule has 0 saturated heterocycles. The molecule has 2 aromatic carbocycles. The topological polar surface area (TPSA) is 64.6 Å². The number of nitrogens with one attached hydrogen (secondary N) is 2. The first kappa shape index (κ1) is 18.7. The van der Waals surface area contributed by atoms with E-state index in [9.17, 15) is 14.3 Å². The average Bonchev–Trinajstić information content (AvgIpc) is 2.64. The van der Waals surface area contributed by atoms with E-state index >= 15 is 0 Å². The van der Waals surface area contributed by atoms with Crippen LogP contribution in [0.5, 0.6) is 0 Å². The third kappa shape index (κ3) is 5.76. The van der Waals surface area contributed by atoms with Gasteiger partial charge in [-0.3, -0.25) is 0 Å². The van der Waals surface area contributed by atoms with Crippen LogP contribution in [0.25, 0.3) is 0 Å². The molecule has 5 nitrogen and oxygen atoms in total. The number of carbonyl (C=O) groups is 1. The Balaban J connectivity index is 1.74. The second kappa shape index (κ2) is 9.03. The van der Waals surface area contributed by atoms with Crippen molar-refractivity contribution in [3.8, 4) is 0 Å². The zero-order valence-electron chi connectivity index (χ0n) is 14.4. The molecule has 0 bridgehead atoms. The fraction of sp³-hybridized carbons (Fsp3) is 0.316. The number of rotatable bonds is 7. The predicted molar refractivity (Wildman–Crippen MR) is 97.1 cm³/mol. The lowest BCUT2D eigenvalue weighted by molar-refractivity contribution is 0.173. The molecule has 2 aromatic rings. The number of para-hydroxylation sites is 1. The van der Waals surface area contributed by atoms with Crippen LogP contribution < -0.4 is 15.5 Å². The Bertz CT molecular complexity index is 664. The second-order valence-electron chi connectivity index (χ2n) is 5.95. The van der Waals surface area contributed by atoms with Crippen molar-refractivity contribution >= 4 is 11.7 Å². The summed E-state index contributed by atoms with van der Waals surface area (Å²) >= 11 is 0. The molecule has 0 radical (unpaired) electrons. The number of nitrogens with zero attached hydrogens (tertiary/aromatic N) is 1. The molecular formula is C19H24FN3O2. The maximum Gasteiger partial charge on any atom is 0.314 e. The average molecular weight is 345 g/mol. The van der Waals surface area contributed by atoms with Crippen molar-refractivity contribution in [1.82, 2.24) is 10.6 Å². The van der Waals surface area contributed by atoms with Gasteiger partial charge in [-0.05, 0) is 36.8 Å². The molecule has 2 amide bonds. The van der Waals surface area contributed by atoms with Crippen LogP contribution in [0.15, 0.2) is 54.6 Å². The SMILES string of the molecule is CC(CNC(=O)NCC(O)c1ccc(F)cc1)N(C)c1ccccc1. The zero-order chi connectivity index (χ0) is 18.2. The first-order chi connectivity index (χ1) is 12.0. The highest BCUT2D eigenvalue weighted by molar-refractivity contribution is 5.74. The van der Waals surface area contributed by atoms with E-state index in [0.717, 1.165) is 5.69 Å². The number of anilines is 1. The number of hydrogen-bond donors (Lipinski definition) is 3. The van der Waals surface area contributed by atoms with Gasteiger partial charge in [0.1, 0.15) is 5.82 Å². The summed E-state index contributed by atoms with van der Waals surface area (Å²) in [5.74, 6) is -0.363.